The lowest BCUT2D eigenvalue weighted by molar-refractivity contribution is 0.257. The standard InChI is InChI=1S/C12H27NO2S/c1-6-13-11(12(3,4)5)9-8-10-16(14,15)7-2/h11,13H,6-10H2,1-5H3. The molecular weight excluding hydrogens is 222 g/mol. The van der Waals surface area contributed by atoms with Crippen LogP contribution >= 0.6 is 0 Å². The Hall–Kier alpha value is -0.0900. The summed E-state index contributed by atoms with van der Waals surface area (Å²) in [5.74, 6) is 0.579. The molecule has 0 aromatic carbocycles. The van der Waals surface area contributed by atoms with Crippen molar-refractivity contribution in [2.75, 3.05) is 18.1 Å². The molecule has 0 saturated heterocycles. The first kappa shape index (κ1) is 15.9. The molecule has 0 aliphatic rings. The molecule has 1 atom stereocenters. The Morgan fingerprint density at radius 3 is 2.12 bits per heavy atom. The summed E-state index contributed by atoms with van der Waals surface area (Å²) in [6.07, 6.45) is 1.68. The summed E-state index contributed by atoms with van der Waals surface area (Å²) in [6, 6.07) is 0.393. The molecule has 1 N–H and O–H groups in total. The first-order valence-electron chi connectivity index (χ1n) is 6.16. The number of nitrogens with one attached hydrogen (secondary N) is 1. The molecular formula is C12H27NO2S. The maximum absolute atomic E-state index is 11.4. The summed E-state index contributed by atoms with van der Waals surface area (Å²) in [6.45, 7) is 11.3. The van der Waals surface area contributed by atoms with Crippen LogP contribution in [-0.4, -0.2) is 32.5 Å². The van der Waals surface area contributed by atoms with Gasteiger partial charge < -0.3 is 5.32 Å². The van der Waals surface area contributed by atoms with Gasteiger partial charge in [-0.2, -0.15) is 0 Å². The van der Waals surface area contributed by atoms with Gasteiger partial charge in [0.25, 0.3) is 0 Å². The minimum atomic E-state index is -2.80. The smallest absolute Gasteiger partial charge is 0.150 e. The maximum atomic E-state index is 11.4. The fourth-order valence-electron chi connectivity index (χ4n) is 1.74. The van der Waals surface area contributed by atoms with E-state index in [1.54, 1.807) is 6.92 Å². The van der Waals surface area contributed by atoms with E-state index in [0.717, 1.165) is 19.4 Å². The molecule has 0 aromatic rings. The topological polar surface area (TPSA) is 46.2 Å². The first-order chi connectivity index (χ1) is 7.23. The van der Waals surface area contributed by atoms with Crippen LogP contribution in [0.3, 0.4) is 0 Å². The molecule has 0 aliphatic heterocycles. The van der Waals surface area contributed by atoms with Crippen LogP contribution in [0.2, 0.25) is 0 Å². The van der Waals surface area contributed by atoms with Crippen molar-refractivity contribution in [3.63, 3.8) is 0 Å². The van der Waals surface area contributed by atoms with Crippen molar-refractivity contribution >= 4 is 9.84 Å². The van der Waals surface area contributed by atoms with Crippen LogP contribution in [0.25, 0.3) is 0 Å². The van der Waals surface area contributed by atoms with E-state index in [0.29, 0.717) is 11.8 Å². The normalized spacial score (nSPS) is 15.1. The predicted molar refractivity (Wildman–Crippen MR) is 70.5 cm³/mol. The highest BCUT2D eigenvalue weighted by Crippen LogP contribution is 2.23. The SMILES string of the molecule is CCNC(CCCS(=O)(=O)CC)C(C)(C)C. The van der Waals surface area contributed by atoms with Crippen molar-refractivity contribution in [1.82, 2.24) is 5.32 Å². The Balaban J connectivity index is 4.14. The van der Waals surface area contributed by atoms with Gasteiger partial charge in [-0.25, -0.2) is 8.42 Å². The summed E-state index contributed by atoms with van der Waals surface area (Å²) in [5.41, 5.74) is 0.186. The molecule has 0 radical (unpaired) electrons. The zero-order chi connectivity index (χ0) is 12.8. The van der Waals surface area contributed by atoms with Gasteiger partial charge in [-0.3, -0.25) is 0 Å². The van der Waals surface area contributed by atoms with E-state index >= 15 is 0 Å². The molecule has 3 nitrogen and oxygen atoms in total. The van der Waals surface area contributed by atoms with Gasteiger partial charge in [0.1, 0.15) is 9.84 Å². The number of hydrogen-bond donors (Lipinski definition) is 1. The predicted octanol–water partition coefficient (Wildman–Crippen LogP) is 2.23. The van der Waals surface area contributed by atoms with Crippen LogP contribution in [0.1, 0.15) is 47.5 Å². The van der Waals surface area contributed by atoms with Gasteiger partial charge in [0.05, 0.1) is 5.75 Å². The van der Waals surface area contributed by atoms with Crippen LogP contribution in [0.5, 0.6) is 0 Å². The van der Waals surface area contributed by atoms with Crippen LogP contribution < -0.4 is 5.32 Å². The van der Waals surface area contributed by atoms with Crippen LogP contribution in [0.15, 0.2) is 0 Å². The highest BCUT2D eigenvalue weighted by molar-refractivity contribution is 7.91. The second-order valence-electron chi connectivity index (χ2n) is 5.35. The zero-order valence-electron chi connectivity index (χ0n) is 11.3. The molecule has 4 heteroatoms. The van der Waals surface area contributed by atoms with Gasteiger partial charge in [0, 0.05) is 11.8 Å². The third-order valence-corrected chi connectivity index (χ3v) is 4.67. The lowest BCUT2D eigenvalue weighted by Crippen LogP contribution is -2.40. The highest BCUT2D eigenvalue weighted by atomic mass is 32.2. The van der Waals surface area contributed by atoms with Crippen molar-refractivity contribution in [3.05, 3.63) is 0 Å². The van der Waals surface area contributed by atoms with E-state index in [9.17, 15) is 8.42 Å². The Morgan fingerprint density at radius 2 is 1.75 bits per heavy atom. The number of hydrogen-bond acceptors (Lipinski definition) is 3. The molecule has 0 amide bonds. The Morgan fingerprint density at radius 1 is 1.19 bits per heavy atom. The summed E-state index contributed by atoms with van der Waals surface area (Å²) in [5, 5.41) is 3.43. The lowest BCUT2D eigenvalue weighted by Gasteiger charge is -2.31. The van der Waals surface area contributed by atoms with Gasteiger partial charge in [-0.1, -0.05) is 34.6 Å². The minimum Gasteiger partial charge on any atom is -0.314 e. The molecule has 16 heavy (non-hydrogen) atoms. The summed E-state index contributed by atoms with van der Waals surface area (Å²) in [4.78, 5) is 0. The van der Waals surface area contributed by atoms with Crippen molar-refractivity contribution < 1.29 is 8.42 Å². The molecule has 0 spiro atoms. The second kappa shape index (κ2) is 6.60. The van der Waals surface area contributed by atoms with Crippen LogP contribution in [0.4, 0.5) is 0 Å². The van der Waals surface area contributed by atoms with Gasteiger partial charge in [0.15, 0.2) is 0 Å². The summed E-state index contributed by atoms with van der Waals surface area (Å²) >= 11 is 0. The minimum absolute atomic E-state index is 0.186. The molecule has 98 valence electrons. The van der Waals surface area contributed by atoms with Crippen molar-refractivity contribution in [2.45, 2.75) is 53.5 Å². The highest BCUT2D eigenvalue weighted by Gasteiger charge is 2.23. The van der Waals surface area contributed by atoms with E-state index in [-0.39, 0.29) is 11.2 Å². The zero-order valence-corrected chi connectivity index (χ0v) is 12.2. The molecule has 0 bridgehead atoms. The molecule has 1 unspecified atom stereocenters. The lowest BCUT2D eigenvalue weighted by atomic mass is 9.84. The van der Waals surface area contributed by atoms with E-state index in [4.69, 9.17) is 0 Å². The van der Waals surface area contributed by atoms with Gasteiger partial charge in [-0.05, 0) is 24.8 Å². The third-order valence-electron chi connectivity index (χ3n) is 2.88. The van der Waals surface area contributed by atoms with E-state index in [1.165, 1.54) is 0 Å². The molecule has 0 aromatic heterocycles. The third kappa shape index (κ3) is 6.48. The monoisotopic (exact) mass is 249 g/mol. The average molecular weight is 249 g/mol. The maximum Gasteiger partial charge on any atom is 0.150 e. The fourth-order valence-corrected chi connectivity index (χ4v) is 2.63. The quantitative estimate of drug-likeness (QED) is 0.752. The summed E-state index contributed by atoms with van der Waals surface area (Å²) in [7, 11) is -2.80. The van der Waals surface area contributed by atoms with Crippen molar-refractivity contribution in [3.8, 4) is 0 Å². The fraction of sp³-hybridized carbons (Fsp3) is 1.00. The number of rotatable bonds is 7. The van der Waals surface area contributed by atoms with Gasteiger partial charge in [-0.15, -0.1) is 0 Å². The Labute approximate surface area is 101 Å². The van der Waals surface area contributed by atoms with E-state index in [2.05, 4.69) is 33.0 Å². The van der Waals surface area contributed by atoms with Crippen molar-refractivity contribution in [2.24, 2.45) is 5.41 Å². The Bertz CT molecular complexity index is 278. The van der Waals surface area contributed by atoms with Gasteiger partial charge in [0.2, 0.25) is 0 Å². The largest absolute Gasteiger partial charge is 0.314 e. The average Bonchev–Trinajstić information content (AvgIpc) is 2.15. The van der Waals surface area contributed by atoms with Crippen LogP contribution in [0, 0.1) is 5.41 Å². The molecule has 0 aliphatic carbocycles. The molecule has 0 saturated carbocycles. The van der Waals surface area contributed by atoms with E-state index in [1.807, 2.05) is 0 Å². The Kier molecular flexibility index (Phi) is 6.56. The molecule has 0 rings (SSSR count). The van der Waals surface area contributed by atoms with Crippen molar-refractivity contribution in [1.29, 1.82) is 0 Å². The van der Waals surface area contributed by atoms with Crippen LogP contribution in [-0.2, 0) is 9.84 Å². The van der Waals surface area contributed by atoms with Gasteiger partial charge >= 0.3 is 0 Å². The molecule has 0 fully saturated rings. The number of sulfone groups is 1. The summed E-state index contributed by atoms with van der Waals surface area (Å²) < 4.78 is 22.7. The first-order valence-corrected chi connectivity index (χ1v) is 7.99. The molecule has 0 heterocycles. The van der Waals surface area contributed by atoms with E-state index < -0.39 is 9.84 Å². The second-order valence-corrected chi connectivity index (χ2v) is 7.83.